The summed E-state index contributed by atoms with van der Waals surface area (Å²) in [5.74, 6) is 1.70. The lowest BCUT2D eigenvalue weighted by atomic mass is 10.0. The van der Waals surface area contributed by atoms with Crippen LogP contribution in [0.1, 0.15) is 47.6 Å². The molecule has 2 heterocycles. The summed E-state index contributed by atoms with van der Waals surface area (Å²) in [7, 11) is 0. The van der Waals surface area contributed by atoms with Crippen LogP contribution in [-0.4, -0.2) is 27.7 Å². The van der Waals surface area contributed by atoms with Gasteiger partial charge in [0.05, 0.1) is 12.6 Å². The minimum absolute atomic E-state index is 0.129. The van der Waals surface area contributed by atoms with Crippen molar-refractivity contribution in [2.75, 3.05) is 6.61 Å². The van der Waals surface area contributed by atoms with Crippen LogP contribution in [0.25, 0.3) is 0 Å². The van der Waals surface area contributed by atoms with E-state index >= 15 is 0 Å². The monoisotopic (exact) mass is 272 g/mol. The molecule has 2 atom stereocenters. The molecule has 6 heteroatoms. The van der Waals surface area contributed by atoms with Gasteiger partial charge in [-0.2, -0.15) is 5.10 Å². The molecule has 2 aromatic rings. The Morgan fingerprint density at radius 3 is 3.15 bits per heavy atom. The van der Waals surface area contributed by atoms with Crippen molar-refractivity contribution in [2.45, 2.75) is 25.8 Å². The Kier molecular flexibility index (Phi) is 3.14. The zero-order valence-corrected chi connectivity index (χ0v) is 11.4. The molecule has 1 aromatic heterocycles. The Balaban J connectivity index is 1.76. The first kappa shape index (κ1) is 12.7. The van der Waals surface area contributed by atoms with Gasteiger partial charge >= 0.3 is 0 Å². The topological polar surface area (TPSA) is 79.9 Å². The van der Waals surface area contributed by atoms with Crippen molar-refractivity contribution in [3.8, 4) is 5.75 Å². The maximum Gasteiger partial charge on any atom is 0.251 e. The number of nitrogens with zero attached hydrogens (tertiary/aromatic N) is 2. The molecule has 1 aliphatic heterocycles. The normalized spacial score (nSPS) is 18.2. The zero-order chi connectivity index (χ0) is 14.1. The second-order valence-corrected chi connectivity index (χ2v) is 5.03. The molecule has 1 unspecified atom stereocenters. The highest BCUT2D eigenvalue weighted by Gasteiger charge is 2.22. The fourth-order valence-corrected chi connectivity index (χ4v) is 2.28. The fraction of sp³-hybridized carbons (Fsp3) is 0.357. The number of carbonyl (C=O) groups is 1. The summed E-state index contributed by atoms with van der Waals surface area (Å²) in [5, 5.41) is 9.41. The first-order chi connectivity index (χ1) is 9.65. The van der Waals surface area contributed by atoms with Crippen molar-refractivity contribution < 1.29 is 9.53 Å². The third-order valence-electron chi connectivity index (χ3n) is 3.48. The first-order valence-electron chi connectivity index (χ1n) is 6.58. The number of nitrogens with one attached hydrogen (secondary N) is 2. The number of ether oxygens (including phenoxy) is 1. The molecule has 0 radical (unpaired) electrons. The molecule has 0 aliphatic carbocycles. The van der Waals surface area contributed by atoms with Crippen LogP contribution in [0.2, 0.25) is 0 Å². The number of hydrogen-bond acceptors (Lipinski definition) is 4. The van der Waals surface area contributed by atoms with Crippen molar-refractivity contribution in [1.29, 1.82) is 0 Å². The molecule has 1 aliphatic rings. The average molecular weight is 272 g/mol. The highest BCUT2D eigenvalue weighted by atomic mass is 16.5. The van der Waals surface area contributed by atoms with E-state index in [1.807, 2.05) is 19.1 Å². The van der Waals surface area contributed by atoms with E-state index in [0.717, 1.165) is 11.3 Å². The number of hydrogen-bond donors (Lipinski definition) is 2. The van der Waals surface area contributed by atoms with Crippen molar-refractivity contribution in [1.82, 2.24) is 20.5 Å². The largest absolute Gasteiger partial charge is 0.493 e. The molecule has 0 saturated heterocycles. The quantitative estimate of drug-likeness (QED) is 0.892. The Labute approximate surface area is 116 Å². The number of aromatic amines is 1. The molecule has 0 bridgehead atoms. The van der Waals surface area contributed by atoms with Gasteiger partial charge in [-0.3, -0.25) is 9.89 Å². The number of rotatable bonds is 3. The lowest BCUT2D eigenvalue weighted by molar-refractivity contribution is 0.0938. The summed E-state index contributed by atoms with van der Waals surface area (Å²) in [6.45, 7) is 4.62. The van der Waals surface area contributed by atoms with Crippen LogP contribution in [-0.2, 0) is 0 Å². The van der Waals surface area contributed by atoms with E-state index in [-0.39, 0.29) is 11.9 Å². The van der Waals surface area contributed by atoms with Crippen LogP contribution in [0, 0.1) is 0 Å². The van der Waals surface area contributed by atoms with Crippen molar-refractivity contribution in [3.63, 3.8) is 0 Å². The van der Waals surface area contributed by atoms with Gasteiger partial charge in [0.25, 0.3) is 5.91 Å². The molecule has 1 aromatic carbocycles. The van der Waals surface area contributed by atoms with Crippen LogP contribution in [0.3, 0.4) is 0 Å². The lowest BCUT2D eigenvalue weighted by Gasteiger charge is -2.12. The van der Waals surface area contributed by atoms with Gasteiger partial charge in [-0.1, -0.05) is 6.92 Å². The van der Waals surface area contributed by atoms with Gasteiger partial charge in [0.15, 0.2) is 0 Å². The van der Waals surface area contributed by atoms with Gasteiger partial charge in [-0.15, -0.1) is 0 Å². The smallest absolute Gasteiger partial charge is 0.251 e. The number of carbonyl (C=O) groups excluding carboxylic acids is 1. The molecule has 0 fully saturated rings. The minimum atomic E-state index is -0.216. The average Bonchev–Trinajstić information content (AvgIpc) is 3.09. The zero-order valence-electron chi connectivity index (χ0n) is 11.4. The lowest BCUT2D eigenvalue weighted by Crippen LogP contribution is -2.27. The summed E-state index contributed by atoms with van der Waals surface area (Å²) >= 11 is 0. The van der Waals surface area contributed by atoms with Crippen LogP contribution >= 0.6 is 0 Å². The maximum absolute atomic E-state index is 12.2. The van der Waals surface area contributed by atoms with Gasteiger partial charge in [-0.05, 0) is 25.1 Å². The fourth-order valence-electron chi connectivity index (χ4n) is 2.28. The number of H-pyrrole nitrogens is 1. The molecule has 6 nitrogen and oxygen atoms in total. The molecular formula is C14H16N4O2. The Hall–Kier alpha value is -2.37. The highest BCUT2D eigenvalue weighted by molar-refractivity contribution is 5.94. The molecular weight excluding hydrogens is 256 g/mol. The summed E-state index contributed by atoms with van der Waals surface area (Å²) in [6.07, 6.45) is 1.42. The molecule has 1 amide bonds. The van der Waals surface area contributed by atoms with Gasteiger partial charge in [0, 0.05) is 17.0 Å². The van der Waals surface area contributed by atoms with Gasteiger partial charge in [-0.25, -0.2) is 4.98 Å². The predicted molar refractivity (Wildman–Crippen MR) is 72.6 cm³/mol. The van der Waals surface area contributed by atoms with Crippen molar-refractivity contribution >= 4 is 5.91 Å². The molecule has 0 spiro atoms. The van der Waals surface area contributed by atoms with Crippen LogP contribution < -0.4 is 10.1 Å². The Bertz CT molecular complexity index is 624. The number of fused-ring (bicyclic) bond motifs is 1. The number of aromatic nitrogens is 3. The molecule has 0 saturated carbocycles. The second kappa shape index (κ2) is 4.96. The molecule has 3 rings (SSSR count). The third-order valence-corrected chi connectivity index (χ3v) is 3.48. The Morgan fingerprint density at radius 1 is 1.55 bits per heavy atom. The van der Waals surface area contributed by atoms with E-state index < -0.39 is 0 Å². The number of benzene rings is 1. The van der Waals surface area contributed by atoms with E-state index in [0.29, 0.717) is 23.9 Å². The number of amides is 1. The van der Waals surface area contributed by atoms with Crippen LogP contribution in [0.4, 0.5) is 0 Å². The molecule has 20 heavy (non-hydrogen) atoms. The Morgan fingerprint density at radius 2 is 2.40 bits per heavy atom. The van der Waals surface area contributed by atoms with E-state index in [1.54, 1.807) is 6.07 Å². The van der Waals surface area contributed by atoms with Crippen LogP contribution in [0.15, 0.2) is 24.5 Å². The predicted octanol–water partition coefficient (Wildman–Crippen LogP) is 1.79. The molecule has 104 valence electrons. The van der Waals surface area contributed by atoms with Crippen molar-refractivity contribution in [3.05, 3.63) is 41.5 Å². The second-order valence-electron chi connectivity index (χ2n) is 5.03. The third kappa shape index (κ3) is 2.24. The van der Waals surface area contributed by atoms with E-state index in [9.17, 15) is 4.79 Å². The van der Waals surface area contributed by atoms with E-state index in [1.165, 1.54) is 6.33 Å². The maximum atomic E-state index is 12.2. The standard InChI is InChI=1S/C14H16N4O2/c1-8-6-20-12-4-3-10(5-11(8)12)14(19)17-9(2)13-15-7-16-18-13/h3-5,7-9H,6H2,1-2H3,(H,17,19)(H,15,16,18)/t8?,9-/m1/s1. The van der Waals surface area contributed by atoms with Crippen molar-refractivity contribution in [2.24, 2.45) is 0 Å². The summed E-state index contributed by atoms with van der Waals surface area (Å²) in [6, 6.07) is 5.31. The molecule has 2 N–H and O–H groups in total. The summed E-state index contributed by atoms with van der Waals surface area (Å²) in [4.78, 5) is 16.3. The first-order valence-corrected chi connectivity index (χ1v) is 6.58. The van der Waals surface area contributed by atoms with Gasteiger partial charge in [0.1, 0.15) is 17.9 Å². The van der Waals surface area contributed by atoms with Gasteiger partial charge in [0.2, 0.25) is 0 Å². The van der Waals surface area contributed by atoms with Gasteiger partial charge < -0.3 is 10.1 Å². The van der Waals surface area contributed by atoms with E-state index in [4.69, 9.17) is 4.74 Å². The summed E-state index contributed by atoms with van der Waals surface area (Å²) < 4.78 is 5.53. The SMILES string of the molecule is CC1COc2ccc(C(=O)N[C@H](C)c3ncn[nH]3)cc21. The summed E-state index contributed by atoms with van der Waals surface area (Å²) in [5.41, 5.74) is 1.72. The minimum Gasteiger partial charge on any atom is -0.493 e. The van der Waals surface area contributed by atoms with Crippen LogP contribution in [0.5, 0.6) is 5.75 Å². The highest BCUT2D eigenvalue weighted by Crippen LogP contribution is 2.34. The van der Waals surface area contributed by atoms with E-state index in [2.05, 4.69) is 27.4 Å².